The molecule has 1 aromatic carbocycles. The summed E-state index contributed by atoms with van der Waals surface area (Å²) in [6, 6.07) is 6.40. The number of piperazine rings is 1. The van der Waals surface area contributed by atoms with Crippen LogP contribution in [-0.4, -0.2) is 36.1 Å². The molecule has 3 rings (SSSR count). The molecule has 2 aromatic rings. The monoisotopic (exact) mass is 299 g/mol. The van der Waals surface area contributed by atoms with Crippen LogP contribution in [0.25, 0.3) is 0 Å². The molecule has 1 saturated heterocycles. The van der Waals surface area contributed by atoms with Crippen molar-refractivity contribution in [2.24, 2.45) is 0 Å². The second-order valence-corrected chi connectivity index (χ2v) is 5.66. The number of hydrogen-bond acceptors (Lipinski definition) is 5. The first kappa shape index (κ1) is 14.4. The minimum atomic E-state index is -0.276. The van der Waals surface area contributed by atoms with Gasteiger partial charge in [0.25, 0.3) is 5.56 Å². The van der Waals surface area contributed by atoms with Crippen molar-refractivity contribution in [2.75, 3.05) is 41.7 Å². The molecule has 116 valence electrons. The molecule has 0 saturated carbocycles. The first-order valence-corrected chi connectivity index (χ1v) is 7.47. The summed E-state index contributed by atoms with van der Waals surface area (Å²) in [6.45, 7) is 7.67. The van der Waals surface area contributed by atoms with Gasteiger partial charge in [0.15, 0.2) is 5.82 Å². The van der Waals surface area contributed by atoms with Crippen LogP contribution in [0.2, 0.25) is 0 Å². The third-order valence-electron chi connectivity index (χ3n) is 4.36. The van der Waals surface area contributed by atoms with Gasteiger partial charge in [0.2, 0.25) is 0 Å². The van der Waals surface area contributed by atoms with Gasteiger partial charge >= 0.3 is 0 Å². The van der Waals surface area contributed by atoms with Crippen molar-refractivity contribution < 1.29 is 0 Å². The van der Waals surface area contributed by atoms with Gasteiger partial charge in [-0.15, -0.1) is 0 Å². The van der Waals surface area contributed by atoms with Crippen LogP contribution in [0.1, 0.15) is 11.1 Å². The molecule has 1 aliphatic rings. The van der Waals surface area contributed by atoms with E-state index in [2.05, 4.69) is 51.8 Å². The zero-order valence-corrected chi connectivity index (χ0v) is 13.0. The Morgan fingerprint density at radius 2 is 1.82 bits per heavy atom. The molecule has 0 spiro atoms. The topological polar surface area (TPSA) is 78.2 Å². The summed E-state index contributed by atoms with van der Waals surface area (Å²) in [6.07, 6.45) is 1.41. The molecular weight excluding hydrogens is 278 g/mol. The van der Waals surface area contributed by atoms with Gasteiger partial charge in [0, 0.05) is 31.9 Å². The first-order valence-electron chi connectivity index (χ1n) is 7.47. The molecule has 6 heteroatoms. The lowest BCUT2D eigenvalue weighted by molar-refractivity contribution is 0.646. The van der Waals surface area contributed by atoms with E-state index in [1.165, 1.54) is 23.1 Å². The van der Waals surface area contributed by atoms with E-state index in [4.69, 9.17) is 5.73 Å². The smallest absolute Gasteiger partial charge is 0.276 e. The number of nitrogen functional groups attached to an aromatic ring is 1. The molecule has 6 nitrogen and oxygen atoms in total. The van der Waals surface area contributed by atoms with Gasteiger partial charge in [0.1, 0.15) is 5.69 Å². The van der Waals surface area contributed by atoms with Crippen molar-refractivity contribution >= 4 is 17.2 Å². The van der Waals surface area contributed by atoms with Crippen LogP contribution in [0, 0.1) is 13.8 Å². The number of nitrogens with zero attached hydrogens (tertiary/aromatic N) is 3. The van der Waals surface area contributed by atoms with Gasteiger partial charge in [-0.2, -0.15) is 0 Å². The Morgan fingerprint density at radius 3 is 2.55 bits per heavy atom. The fourth-order valence-electron chi connectivity index (χ4n) is 2.89. The maximum atomic E-state index is 11.6. The summed E-state index contributed by atoms with van der Waals surface area (Å²) < 4.78 is 0. The zero-order chi connectivity index (χ0) is 15.7. The van der Waals surface area contributed by atoms with E-state index in [1.54, 1.807) is 0 Å². The Labute approximate surface area is 129 Å². The molecule has 1 aromatic heterocycles. The van der Waals surface area contributed by atoms with Gasteiger partial charge < -0.3 is 20.5 Å². The van der Waals surface area contributed by atoms with Crippen molar-refractivity contribution in [2.45, 2.75) is 13.8 Å². The number of H-pyrrole nitrogens is 1. The van der Waals surface area contributed by atoms with Crippen molar-refractivity contribution in [1.29, 1.82) is 0 Å². The fourth-order valence-corrected chi connectivity index (χ4v) is 2.89. The number of aromatic nitrogens is 2. The number of nitrogens with one attached hydrogen (secondary N) is 1. The van der Waals surface area contributed by atoms with E-state index >= 15 is 0 Å². The van der Waals surface area contributed by atoms with Crippen LogP contribution in [0.3, 0.4) is 0 Å². The average molecular weight is 299 g/mol. The van der Waals surface area contributed by atoms with Crippen LogP contribution in [-0.2, 0) is 0 Å². The van der Waals surface area contributed by atoms with Gasteiger partial charge in [-0.1, -0.05) is 12.1 Å². The number of hydrogen-bond donors (Lipinski definition) is 2. The summed E-state index contributed by atoms with van der Waals surface area (Å²) in [5.74, 6) is 0.587. The molecule has 0 radical (unpaired) electrons. The van der Waals surface area contributed by atoms with Crippen LogP contribution in [0.4, 0.5) is 17.2 Å². The normalized spacial score (nSPS) is 15.2. The maximum absolute atomic E-state index is 11.6. The van der Waals surface area contributed by atoms with Gasteiger partial charge in [-0.3, -0.25) is 4.79 Å². The average Bonchev–Trinajstić information content (AvgIpc) is 2.53. The highest BCUT2D eigenvalue weighted by Crippen LogP contribution is 2.25. The van der Waals surface area contributed by atoms with Crippen LogP contribution in [0.15, 0.2) is 29.3 Å². The van der Waals surface area contributed by atoms with Crippen molar-refractivity contribution in [3.63, 3.8) is 0 Å². The van der Waals surface area contributed by atoms with Gasteiger partial charge in [-0.25, -0.2) is 4.98 Å². The molecule has 3 N–H and O–H groups in total. The van der Waals surface area contributed by atoms with E-state index in [-0.39, 0.29) is 11.2 Å². The third kappa shape index (κ3) is 2.52. The van der Waals surface area contributed by atoms with E-state index < -0.39 is 0 Å². The van der Waals surface area contributed by atoms with Crippen LogP contribution in [0.5, 0.6) is 0 Å². The van der Waals surface area contributed by atoms with Crippen LogP contribution < -0.4 is 21.1 Å². The highest BCUT2D eigenvalue weighted by molar-refractivity contribution is 5.62. The minimum Gasteiger partial charge on any atom is -0.391 e. The molecule has 0 unspecified atom stereocenters. The lowest BCUT2D eigenvalue weighted by Crippen LogP contribution is -2.47. The largest absolute Gasteiger partial charge is 0.391 e. The van der Waals surface area contributed by atoms with Crippen LogP contribution >= 0.6 is 0 Å². The van der Waals surface area contributed by atoms with Gasteiger partial charge in [0.05, 0.1) is 6.33 Å². The summed E-state index contributed by atoms with van der Waals surface area (Å²) in [5.41, 5.74) is 9.68. The Kier molecular flexibility index (Phi) is 3.75. The molecule has 0 bridgehead atoms. The molecule has 0 amide bonds. The van der Waals surface area contributed by atoms with E-state index in [9.17, 15) is 4.79 Å². The number of benzene rings is 1. The fraction of sp³-hybridized carbons (Fsp3) is 0.375. The Hall–Kier alpha value is -2.50. The van der Waals surface area contributed by atoms with E-state index in [0.717, 1.165) is 26.2 Å². The highest BCUT2D eigenvalue weighted by Gasteiger charge is 2.21. The highest BCUT2D eigenvalue weighted by atomic mass is 16.1. The molecular formula is C16H21N5O. The molecule has 22 heavy (non-hydrogen) atoms. The first-order chi connectivity index (χ1) is 10.6. The Bertz CT molecular complexity index is 732. The molecule has 2 heterocycles. The summed E-state index contributed by atoms with van der Waals surface area (Å²) in [5, 5.41) is 0. The second kappa shape index (κ2) is 5.71. The van der Waals surface area contributed by atoms with E-state index in [0.29, 0.717) is 5.82 Å². The molecule has 0 atom stereocenters. The standard InChI is InChI=1S/C16H21N5O/c1-11-4-3-5-13(12(11)2)20-6-8-21(9-7-20)15-14(17)16(22)19-10-18-15/h3-5,10H,6-9,17H2,1-2H3,(H,18,19,22). The van der Waals surface area contributed by atoms with Crippen molar-refractivity contribution in [3.05, 3.63) is 46.0 Å². The second-order valence-electron chi connectivity index (χ2n) is 5.66. The van der Waals surface area contributed by atoms with E-state index in [1.807, 2.05) is 0 Å². The van der Waals surface area contributed by atoms with Crippen molar-refractivity contribution in [3.8, 4) is 0 Å². The number of anilines is 3. The third-order valence-corrected chi connectivity index (χ3v) is 4.36. The Balaban J connectivity index is 1.77. The number of rotatable bonds is 2. The van der Waals surface area contributed by atoms with Gasteiger partial charge in [-0.05, 0) is 31.0 Å². The predicted molar refractivity (Wildman–Crippen MR) is 89.6 cm³/mol. The lowest BCUT2D eigenvalue weighted by Gasteiger charge is -2.37. The number of aryl methyl sites for hydroxylation is 1. The van der Waals surface area contributed by atoms with Crippen molar-refractivity contribution in [1.82, 2.24) is 9.97 Å². The zero-order valence-electron chi connectivity index (χ0n) is 13.0. The summed E-state index contributed by atoms with van der Waals surface area (Å²) >= 11 is 0. The number of aromatic amines is 1. The summed E-state index contributed by atoms with van der Waals surface area (Å²) in [7, 11) is 0. The lowest BCUT2D eigenvalue weighted by atomic mass is 10.1. The molecule has 1 fully saturated rings. The maximum Gasteiger partial charge on any atom is 0.276 e. The minimum absolute atomic E-state index is 0.197. The summed E-state index contributed by atoms with van der Waals surface area (Å²) in [4.78, 5) is 22.8. The Morgan fingerprint density at radius 1 is 1.14 bits per heavy atom. The predicted octanol–water partition coefficient (Wildman–Crippen LogP) is 1.30. The SMILES string of the molecule is Cc1cccc(N2CCN(c3nc[nH]c(=O)c3N)CC2)c1C. The molecule has 1 aliphatic heterocycles. The number of nitrogens with two attached hydrogens (primary N) is 1. The molecule has 0 aliphatic carbocycles. The quantitative estimate of drug-likeness (QED) is 0.874.